The van der Waals surface area contributed by atoms with Crippen LogP contribution in [-0.4, -0.2) is 23.1 Å². The summed E-state index contributed by atoms with van der Waals surface area (Å²) in [5.74, 6) is 0.159. The SMILES string of the molecule is N#Cc1ccc(C(F)(F)F)nc1N1C2CCC1CC(N)C2. The molecular formula is C14H15F3N4. The Kier molecular flexibility index (Phi) is 3.29. The summed E-state index contributed by atoms with van der Waals surface area (Å²) in [6.45, 7) is 0. The normalized spacial score (nSPS) is 28.5. The fourth-order valence-corrected chi connectivity index (χ4v) is 3.46. The molecule has 4 nitrogen and oxygen atoms in total. The maximum Gasteiger partial charge on any atom is 0.433 e. The summed E-state index contributed by atoms with van der Waals surface area (Å²) in [5.41, 5.74) is 5.21. The third-order valence-electron chi connectivity index (χ3n) is 4.30. The molecule has 2 N–H and O–H groups in total. The van der Waals surface area contributed by atoms with Gasteiger partial charge in [0, 0.05) is 18.1 Å². The lowest BCUT2D eigenvalue weighted by molar-refractivity contribution is -0.141. The molecule has 0 radical (unpaired) electrons. The second-order valence-electron chi connectivity index (χ2n) is 5.70. The molecule has 2 aliphatic heterocycles. The van der Waals surface area contributed by atoms with Crippen molar-refractivity contribution in [1.82, 2.24) is 4.98 Å². The van der Waals surface area contributed by atoms with Gasteiger partial charge in [0.25, 0.3) is 0 Å². The molecule has 0 amide bonds. The fourth-order valence-electron chi connectivity index (χ4n) is 3.46. The number of pyridine rings is 1. The molecule has 0 aliphatic carbocycles. The first kappa shape index (κ1) is 14.1. The third-order valence-corrected chi connectivity index (χ3v) is 4.30. The number of rotatable bonds is 1. The molecule has 21 heavy (non-hydrogen) atoms. The van der Waals surface area contributed by atoms with E-state index in [9.17, 15) is 13.2 Å². The predicted molar refractivity (Wildman–Crippen MR) is 70.5 cm³/mol. The number of nitrogens with two attached hydrogens (primary N) is 1. The number of halogens is 3. The number of anilines is 1. The zero-order valence-electron chi connectivity index (χ0n) is 11.3. The van der Waals surface area contributed by atoms with E-state index in [-0.39, 0.29) is 29.5 Å². The summed E-state index contributed by atoms with van der Waals surface area (Å²) in [6.07, 6.45) is -1.26. The number of hydrogen-bond acceptors (Lipinski definition) is 4. The van der Waals surface area contributed by atoms with Crippen molar-refractivity contribution in [3.05, 3.63) is 23.4 Å². The highest BCUT2D eigenvalue weighted by Gasteiger charge is 2.42. The minimum Gasteiger partial charge on any atom is -0.349 e. The molecule has 2 atom stereocenters. The van der Waals surface area contributed by atoms with Crippen molar-refractivity contribution in [1.29, 1.82) is 5.26 Å². The van der Waals surface area contributed by atoms with E-state index >= 15 is 0 Å². The summed E-state index contributed by atoms with van der Waals surface area (Å²) in [6, 6.07) is 4.27. The van der Waals surface area contributed by atoms with Crippen LogP contribution in [0.15, 0.2) is 12.1 Å². The molecule has 0 aromatic carbocycles. The Labute approximate surface area is 120 Å². The van der Waals surface area contributed by atoms with E-state index in [0.717, 1.165) is 31.7 Å². The molecule has 7 heteroatoms. The van der Waals surface area contributed by atoms with E-state index < -0.39 is 11.9 Å². The third kappa shape index (κ3) is 2.44. The van der Waals surface area contributed by atoms with Crippen molar-refractivity contribution in [3.8, 4) is 6.07 Å². The monoisotopic (exact) mass is 296 g/mol. The molecule has 2 unspecified atom stereocenters. The number of fused-ring (bicyclic) bond motifs is 2. The van der Waals surface area contributed by atoms with Gasteiger partial charge in [0.05, 0.1) is 5.56 Å². The lowest BCUT2D eigenvalue weighted by Gasteiger charge is -2.39. The quantitative estimate of drug-likeness (QED) is 0.864. The van der Waals surface area contributed by atoms with Crippen LogP contribution in [0.25, 0.3) is 0 Å². The first-order valence-electron chi connectivity index (χ1n) is 6.92. The van der Waals surface area contributed by atoms with Crippen LogP contribution < -0.4 is 10.6 Å². The van der Waals surface area contributed by atoms with Crippen LogP contribution in [0.1, 0.15) is 36.9 Å². The van der Waals surface area contributed by atoms with Crippen molar-refractivity contribution in [2.24, 2.45) is 5.73 Å². The van der Waals surface area contributed by atoms with Crippen LogP contribution in [0.2, 0.25) is 0 Å². The average Bonchev–Trinajstić information content (AvgIpc) is 2.69. The van der Waals surface area contributed by atoms with E-state index in [1.807, 2.05) is 11.0 Å². The number of piperidine rings is 1. The lowest BCUT2D eigenvalue weighted by Crippen LogP contribution is -2.48. The first-order valence-corrected chi connectivity index (χ1v) is 6.92. The van der Waals surface area contributed by atoms with Gasteiger partial charge in [0.1, 0.15) is 17.6 Å². The second kappa shape index (κ2) is 4.88. The van der Waals surface area contributed by atoms with Gasteiger partial charge >= 0.3 is 6.18 Å². The largest absolute Gasteiger partial charge is 0.433 e. The van der Waals surface area contributed by atoms with E-state index in [0.29, 0.717) is 0 Å². The number of nitrogens with zero attached hydrogens (tertiary/aromatic N) is 3. The van der Waals surface area contributed by atoms with Gasteiger partial charge < -0.3 is 10.6 Å². The molecule has 2 bridgehead atoms. The predicted octanol–water partition coefficient (Wildman–Crippen LogP) is 2.43. The maximum atomic E-state index is 12.9. The zero-order valence-corrected chi connectivity index (χ0v) is 11.3. The molecule has 2 aliphatic rings. The molecule has 1 aromatic heterocycles. The molecule has 1 aromatic rings. The highest BCUT2D eigenvalue weighted by atomic mass is 19.4. The lowest BCUT2D eigenvalue weighted by atomic mass is 9.97. The maximum absolute atomic E-state index is 12.9. The van der Waals surface area contributed by atoms with Gasteiger partial charge in [0.2, 0.25) is 0 Å². The van der Waals surface area contributed by atoms with Gasteiger partial charge in [-0.25, -0.2) is 4.98 Å². The summed E-state index contributed by atoms with van der Waals surface area (Å²) in [5, 5.41) is 9.17. The van der Waals surface area contributed by atoms with Gasteiger partial charge in [-0.2, -0.15) is 18.4 Å². The minimum absolute atomic E-state index is 0.0788. The van der Waals surface area contributed by atoms with E-state index in [1.54, 1.807) is 0 Å². The Morgan fingerprint density at radius 2 is 1.86 bits per heavy atom. The standard InChI is InChI=1S/C14H15F3N4/c15-14(16,17)12-4-1-8(7-18)13(20-12)21-10-2-3-11(21)6-9(19)5-10/h1,4,9-11H,2-3,5-6,19H2. The topological polar surface area (TPSA) is 65.9 Å². The highest BCUT2D eigenvalue weighted by molar-refractivity contribution is 5.57. The van der Waals surface area contributed by atoms with Gasteiger partial charge in [-0.1, -0.05) is 0 Å². The molecule has 3 heterocycles. The summed E-state index contributed by atoms with van der Waals surface area (Å²) in [7, 11) is 0. The molecule has 0 saturated carbocycles. The highest BCUT2D eigenvalue weighted by Crippen LogP contribution is 2.40. The van der Waals surface area contributed by atoms with Gasteiger partial charge in [0.15, 0.2) is 0 Å². The second-order valence-corrected chi connectivity index (χ2v) is 5.70. The van der Waals surface area contributed by atoms with Crippen LogP contribution in [0, 0.1) is 11.3 Å². The molecular weight excluding hydrogens is 281 g/mol. The Morgan fingerprint density at radius 3 is 2.38 bits per heavy atom. The van der Waals surface area contributed by atoms with Gasteiger partial charge in [-0.05, 0) is 37.8 Å². The van der Waals surface area contributed by atoms with Crippen molar-refractivity contribution in [3.63, 3.8) is 0 Å². The van der Waals surface area contributed by atoms with Gasteiger partial charge in [-0.3, -0.25) is 0 Å². The Balaban J connectivity index is 2.04. The smallest absolute Gasteiger partial charge is 0.349 e. The Bertz CT molecular complexity index is 579. The van der Waals surface area contributed by atoms with Crippen LogP contribution in [0.5, 0.6) is 0 Å². The molecule has 2 saturated heterocycles. The number of alkyl halides is 3. The molecule has 2 fully saturated rings. The number of hydrogen-bond donors (Lipinski definition) is 1. The van der Waals surface area contributed by atoms with Crippen molar-refractivity contribution in [2.75, 3.05) is 4.90 Å². The Hall–Kier alpha value is -1.81. The number of aromatic nitrogens is 1. The zero-order chi connectivity index (χ0) is 15.2. The van der Waals surface area contributed by atoms with Crippen molar-refractivity contribution >= 4 is 5.82 Å². The van der Waals surface area contributed by atoms with Crippen LogP contribution in [0.3, 0.4) is 0 Å². The minimum atomic E-state index is -4.51. The molecule has 112 valence electrons. The fraction of sp³-hybridized carbons (Fsp3) is 0.571. The summed E-state index contributed by atoms with van der Waals surface area (Å²) in [4.78, 5) is 5.63. The number of nitriles is 1. The molecule has 3 rings (SSSR count). The Morgan fingerprint density at radius 1 is 1.24 bits per heavy atom. The first-order chi connectivity index (χ1) is 9.90. The van der Waals surface area contributed by atoms with E-state index in [1.165, 1.54) is 6.07 Å². The van der Waals surface area contributed by atoms with Crippen LogP contribution >= 0.6 is 0 Å². The van der Waals surface area contributed by atoms with Crippen LogP contribution in [-0.2, 0) is 6.18 Å². The van der Waals surface area contributed by atoms with E-state index in [2.05, 4.69) is 4.98 Å². The summed E-state index contributed by atoms with van der Waals surface area (Å²) >= 11 is 0. The van der Waals surface area contributed by atoms with Crippen molar-refractivity contribution < 1.29 is 13.2 Å². The van der Waals surface area contributed by atoms with Crippen LogP contribution in [0.4, 0.5) is 19.0 Å². The van der Waals surface area contributed by atoms with Gasteiger partial charge in [-0.15, -0.1) is 0 Å². The molecule has 0 spiro atoms. The van der Waals surface area contributed by atoms with Crippen molar-refractivity contribution in [2.45, 2.75) is 50.0 Å². The van der Waals surface area contributed by atoms with E-state index in [4.69, 9.17) is 11.0 Å². The average molecular weight is 296 g/mol. The summed E-state index contributed by atoms with van der Waals surface area (Å²) < 4.78 is 38.6.